The van der Waals surface area contributed by atoms with E-state index in [9.17, 15) is 19.5 Å². The van der Waals surface area contributed by atoms with E-state index in [1.807, 2.05) is 13.8 Å². The molecule has 1 atom stereocenters. The Labute approximate surface area is 118 Å². The highest BCUT2D eigenvalue weighted by atomic mass is 16.5. The molecule has 1 unspecified atom stereocenters. The van der Waals surface area contributed by atoms with E-state index in [0.717, 1.165) is 4.90 Å². The number of ether oxygens (including phenoxy) is 1. The minimum Gasteiger partial charge on any atom is -0.479 e. The zero-order valence-electron chi connectivity index (χ0n) is 12.1. The fourth-order valence-corrected chi connectivity index (χ4v) is 2.96. The zero-order chi connectivity index (χ0) is 15.1. The minimum absolute atomic E-state index is 0.0189. The highest BCUT2D eigenvalue weighted by Gasteiger charge is 2.59. The van der Waals surface area contributed by atoms with Crippen LogP contribution in [0.2, 0.25) is 0 Å². The molecule has 0 radical (unpaired) electrons. The lowest BCUT2D eigenvalue weighted by molar-refractivity contribution is -0.170. The van der Waals surface area contributed by atoms with Gasteiger partial charge in [0.1, 0.15) is 0 Å². The van der Waals surface area contributed by atoms with Gasteiger partial charge in [0.25, 0.3) is 0 Å². The number of carboxylic acid groups (broad SMARTS) is 1. The lowest BCUT2D eigenvalue weighted by atomic mass is 9.77. The van der Waals surface area contributed by atoms with E-state index in [1.54, 1.807) is 6.92 Å². The topological polar surface area (TPSA) is 83.9 Å². The quantitative estimate of drug-likeness (QED) is 0.782. The van der Waals surface area contributed by atoms with Crippen molar-refractivity contribution in [3.8, 4) is 0 Å². The van der Waals surface area contributed by atoms with Gasteiger partial charge in [-0.2, -0.15) is 0 Å². The second-order valence-corrected chi connectivity index (χ2v) is 6.23. The average molecular weight is 283 g/mol. The van der Waals surface area contributed by atoms with Gasteiger partial charge >= 0.3 is 5.97 Å². The van der Waals surface area contributed by atoms with Crippen molar-refractivity contribution in [3.63, 3.8) is 0 Å². The van der Waals surface area contributed by atoms with Crippen LogP contribution < -0.4 is 0 Å². The second kappa shape index (κ2) is 4.84. The normalized spacial score (nSPS) is 30.1. The van der Waals surface area contributed by atoms with E-state index in [-0.39, 0.29) is 50.2 Å². The first-order valence-electron chi connectivity index (χ1n) is 6.94. The molecule has 0 saturated carbocycles. The number of rotatable bonds is 3. The summed E-state index contributed by atoms with van der Waals surface area (Å²) in [7, 11) is 0. The van der Waals surface area contributed by atoms with Crippen LogP contribution in [0.4, 0.5) is 0 Å². The monoisotopic (exact) mass is 283 g/mol. The van der Waals surface area contributed by atoms with Crippen LogP contribution in [0, 0.1) is 11.3 Å². The maximum Gasteiger partial charge on any atom is 0.330 e. The molecule has 2 fully saturated rings. The number of hydrogen-bond donors (Lipinski definition) is 1. The Hall–Kier alpha value is -1.43. The smallest absolute Gasteiger partial charge is 0.330 e. The molecule has 0 bridgehead atoms. The lowest BCUT2D eigenvalue weighted by Gasteiger charge is -2.40. The molecule has 2 amide bonds. The van der Waals surface area contributed by atoms with Crippen LogP contribution >= 0.6 is 0 Å². The molecule has 20 heavy (non-hydrogen) atoms. The van der Waals surface area contributed by atoms with Gasteiger partial charge in [-0.1, -0.05) is 13.8 Å². The van der Waals surface area contributed by atoms with E-state index in [2.05, 4.69) is 0 Å². The summed E-state index contributed by atoms with van der Waals surface area (Å²) in [4.78, 5) is 37.7. The number of amides is 2. The third kappa shape index (κ3) is 1.93. The van der Waals surface area contributed by atoms with Crippen LogP contribution in [-0.4, -0.2) is 46.5 Å². The molecule has 2 saturated heterocycles. The summed E-state index contributed by atoms with van der Waals surface area (Å²) in [5.74, 6) is -1.87. The fourth-order valence-electron chi connectivity index (χ4n) is 2.96. The number of carbonyl (C=O) groups excluding carboxylic acids is 2. The molecule has 1 N–H and O–H groups in total. The highest BCUT2D eigenvalue weighted by Crippen LogP contribution is 2.44. The SMILES string of the molecule is CC(C)C1(C)CC(=O)N(C2(C(=O)O)CCOCC2)C1=O. The number of hydrogen-bond acceptors (Lipinski definition) is 4. The predicted molar refractivity (Wildman–Crippen MR) is 69.8 cm³/mol. The van der Waals surface area contributed by atoms with Crippen LogP contribution in [0.5, 0.6) is 0 Å². The van der Waals surface area contributed by atoms with E-state index < -0.39 is 16.9 Å². The molecule has 0 aromatic carbocycles. The summed E-state index contributed by atoms with van der Waals surface area (Å²) in [5, 5.41) is 9.59. The molecular weight excluding hydrogens is 262 g/mol. The fraction of sp³-hybridized carbons (Fsp3) is 0.786. The second-order valence-electron chi connectivity index (χ2n) is 6.23. The van der Waals surface area contributed by atoms with Gasteiger partial charge in [-0.05, 0) is 12.8 Å². The summed E-state index contributed by atoms with van der Waals surface area (Å²) in [6.07, 6.45) is 0.404. The van der Waals surface area contributed by atoms with Gasteiger partial charge in [0.2, 0.25) is 11.8 Å². The molecule has 6 heteroatoms. The standard InChI is InChI=1S/C14H21NO5/c1-9(2)13(3)8-10(16)15(11(13)17)14(12(18)19)4-6-20-7-5-14/h9H,4-8H2,1-3H3,(H,18,19). The number of imide groups is 1. The van der Waals surface area contributed by atoms with Crippen molar-refractivity contribution in [2.45, 2.75) is 45.6 Å². The van der Waals surface area contributed by atoms with Gasteiger partial charge < -0.3 is 9.84 Å². The van der Waals surface area contributed by atoms with Gasteiger partial charge in [0.05, 0.1) is 5.41 Å². The molecule has 2 rings (SSSR count). The summed E-state index contributed by atoms with van der Waals surface area (Å²) in [6, 6.07) is 0. The van der Waals surface area contributed by atoms with E-state index in [1.165, 1.54) is 0 Å². The van der Waals surface area contributed by atoms with Gasteiger partial charge in [0, 0.05) is 32.5 Å². The first-order chi connectivity index (χ1) is 9.25. The number of carbonyl (C=O) groups is 3. The number of carboxylic acids is 1. The Morgan fingerprint density at radius 1 is 1.30 bits per heavy atom. The Morgan fingerprint density at radius 2 is 1.85 bits per heavy atom. The largest absolute Gasteiger partial charge is 0.479 e. The first kappa shape index (κ1) is 15.0. The number of aliphatic carboxylic acids is 1. The Morgan fingerprint density at radius 3 is 2.25 bits per heavy atom. The van der Waals surface area contributed by atoms with E-state index >= 15 is 0 Å². The first-order valence-corrected chi connectivity index (χ1v) is 6.94. The molecule has 0 aliphatic carbocycles. The van der Waals surface area contributed by atoms with Crippen LogP contribution in [0.3, 0.4) is 0 Å². The summed E-state index contributed by atoms with van der Waals surface area (Å²) in [5.41, 5.74) is -2.24. The average Bonchev–Trinajstić information content (AvgIpc) is 2.62. The summed E-state index contributed by atoms with van der Waals surface area (Å²) >= 11 is 0. The highest BCUT2D eigenvalue weighted by molar-refractivity contribution is 6.09. The number of nitrogens with zero attached hydrogens (tertiary/aromatic N) is 1. The molecule has 2 aliphatic rings. The van der Waals surface area contributed by atoms with Crippen molar-refractivity contribution < 1.29 is 24.2 Å². The molecule has 6 nitrogen and oxygen atoms in total. The van der Waals surface area contributed by atoms with Gasteiger partial charge in [0.15, 0.2) is 5.54 Å². The van der Waals surface area contributed by atoms with E-state index in [4.69, 9.17) is 4.74 Å². The predicted octanol–water partition coefficient (Wildman–Crippen LogP) is 1.04. The maximum absolute atomic E-state index is 12.7. The van der Waals surface area contributed by atoms with Crippen molar-refractivity contribution in [2.75, 3.05) is 13.2 Å². The van der Waals surface area contributed by atoms with Crippen LogP contribution in [-0.2, 0) is 19.1 Å². The molecule has 0 spiro atoms. The Kier molecular flexibility index (Phi) is 3.62. The summed E-state index contributed by atoms with van der Waals surface area (Å²) in [6.45, 7) is 6.01. The zero-order valence-corrected chi connectivity index (χ0v) is 12.1. The third-order valence-corrected chi connectivity index (χ3v) is 4.88. The lowest BCUT2D eigenvalue weighted by Crippen LogP contribution is -2.60. The van der Waals surface area contributed by atoms with Crippen LogP contribution in [0.1, 0.15) is 40.0 Å². The Bertz CT molecular complexity index is 452. The van der Waals surface area contributed by atoms with Crippen molar-refractivity contribution in [1.82, 2.24) is 4.90 Å². The molecule has 2 aliphatic heterocycles. The van der Waals surface area contributed by atoms with Gasteiger partial charge in [-0.15, -0.1) is 0 Å². The van der Waals surface area contributed by atoms with Crippen molar-refractivity contribution in [3.05, 3.63) is 0 Å². The molecule has 0 aromatic rings. The van der Waals surface area contributed by atoms with Crippen molar-refractivity contribution in [1.29, 1.82) is 0 Å². The van der Waals surface area contributed by atoms with Gasteiger partial charge in [-0.25, -0.2) is 4.79 Å². The maximum atomic E-state index is 12.7. The van der Waals surface area contributed by atoms with Crippen LogP contribution in [0.25, 0.3) is 0 Å². The third-order valence-electron chi connectivity index (χ3n) is 4.88. The van der Waals surface area contributed by atoms with E-state index in [0.29, 0.717) is 0 Å². The Balaban J connectivity index is 2.42. The van der Waals surface area contributed by atoms with Crippen molar-refractivity contribution in [2.24, 2.45) is 11.3 Å². The molecular formula is C14H21NO5. The van der Waals surface area contributed by atoms with Crippen LogP contribution in [0.15, 0.2) is 0 Å². The van der Waals surface area contributed by atoms with Gasteiger partial charge in [-0.3, -0.25) is 14.5 Å². The van der Waals surface area contributed by atoms with Crippen molar-refractivity contribution >= 4 is 17.8 Å². The molecule has 0 aromatic heterocycles. The number of likely N-dealkylation sites (tertiary alicyclic amines) is 1. The molecule has 112 valence electrons. The summed E-state index contributed by atoms with van der Waals surface area (Å²) < 4.78 is 5.19. The molecule has 2 heterocycles. The minimum atomic E-state index is -1.43.